The highest BCUT2D eigenvalue weighted by Gasteiger charge is 2.73. The summed E-state index contributed by atoms with van der Waals surface area (Å²) in [6.07, 6.45) is 4.11. The van der Waals surface area contributed by atoms with Crippen molar-refractivity contribution in [3.05, 3.63) is 11.5 Å². The van der Waals surface area contributed by atoms with Gasteiger partial charge in [-0.1, -0.05) is 6.42 Å². The Kier molecular flexibility index (Phi) is 3.36. The van der Waals surface area contributed by atoms with E-state index in [1.807, 2.05) is 27.7 Å². The summed E-state index contributed by atoms with van der Waals surface area (Å²) in [7, 11) is 0. The second kappa shape index (κ2) is 4.73. The Labute approximate surface area is 126 Å². The molecule has 2 saturated carbocycles. The van der Waals surface area contributed by atoms with Crippen molar-refractivity contribution in [3.63, 3.8) is 0 Å². The SMILES string of the molecule is CC(C)OC1=C(OC(C)C)[C@]2(O)CC[C@H]3CCC[C@@]32C1=O. The van der Waals surface area contributed by atoms with Crippen molar-refractivity contribution in [2.45, 2.75) is 77.6 Å². The Bertz CT molecular complexity index is 493. The van der Waals surface area contributed by atoms with E-state index in [1.165, 1.54) is 0 Å². The molecular weight excluding hydrogens is 268 g/mol. The zero-order valence-electron chi connectivity index (χ0n) is 13.4. The Morgan fingerprint density at radius 3 is 2.38 bits per heavy atom. The quantitative estimate of drug-likeness (QED) is 0.866. The van der Waals surface area contributed by atoms with Gasteiger partial charge in [0.1, 0.15) is 5.60 Å². The number of allylic oxidation sites excluding steroid dienone is 1. The van der Waals surface area contributed by atoms with Gasteiger partial charge in [-0.05, 0) is 59.3 Å². The van der Waals surface area contributed by atoms with Crippen LogP contribution >= 0.6 is 0 Å². The Morgan fingerprint density at radius 1 is 1.10 bits per heavy atom. The molecule has 1 spiro atoms. The van der Waals surface area contributed by atoms with Gasteiger partial charge in [0.05, 0.1) is 17.6 Å². The molecule has 3 aliphatic carbocycles. The lowest BCUT2D eigenvalue weighted by molar-refractivity contribution is -0.139. The maximum Gasteiger partial charge on any atom is 0.210 e. The highest BCUT2D eigenvalue weighted by atomic mass is 16.5. The van der Waals surface area contributed by atoms with Crippen LogP contribution in [0.5, 0.6) is 0 Å². The van der Waals surface area contributed by atoms with Crippen molar-refractivity contribution in [2.24, 2.45) is 11.3 Å². The van der Waals surface area contributed by atoms with Crippen molar-refractivity contribution in [1.29, 1.82) is 0 Å². The minimum Gasteiger partial charge on any atom is -0.488 e. The minimum absolute atomic E-state index is 0.0191. The fraction of sp³-hybridized carbons (Fsp3) is 0.824. The van der Waals surface area contributed by atoms with Gasteiger partial charge in [-0.15, -0.1) is 0 Å². The summed E-state index contributed by atoms with van der Waals surface area (Å²) in [5.74, 6) is 0.941. The van der Waals surface area contributed by atoms with Crippen LogP contribution in [0.4, 0.5) is 0 Å². The molecule has 0 aromatic rings. The molecule has 0 aromatic carbocycles. The molecule has 2 fully saturated rings. The fourth-order valence-electron chi connectivity index (χ4n) is 4.65. The lowest BCUT2D eigenvalue weighted by Crippen LogP contribution is -2.47. The summed E-state index contributed by atoms with van der Waals surface area (Å²) >= 11 is 0. The number of rotatable bonds is 4. The first-order chi connectivity index (χ1) is 9.83. The third kappa shape index (κ3) is 1.81. The van der Waals surface area contributed by atoms with Crippen LogP contribution in [-0.2, 0) is 14.3 Å². The maximum atomic E-state index is 13.1. The predicted molar refractivity (Wildman–Crippen MR) is 78.4 cm³/mol. The van der Waals surface area contributed by atoms with E-state index >= 15 is 0 Å². The van der Waals surface area contributed by atoms with E-state index in [2.05, 4.69) is 0 Å². The van der Waals surface area contributed by atoms with Crippen molar-refractivity contribution in [2.75, 3.05) is 0 Å². The molecule has 118 valence electrons. The van der Waals surface area contributed by atoms with Crippen LogP contribution in [0.1, 0.15) is 59.8 Å². The number of ketones is 1. The van der Waals surface area contributed by atoms with Crippen LogP contribution in [0, 0.1) is 11.3 Å². The molecule has 0 heterocycles. The van der Waals surface area contributed by atoms with Gasteiger partial charge in [-0.25, -0.2) is 0 Å². The Balaban J connectivity index is 2.09. The molecule has 0 aliphatic heterocycles. The Morgan fingerprint density at radius 2 is 1.76 bits per heavy atom. The smallest absolute Gasteiger partial charge is 0.210 e. The number of carbonyl (C=O) groups is 1. The first-order valence-corrected chi connectivity index (χ1v) is 8.18. The third-order valence-electron chi connectivity index (χ3n) is 5.31. The van der Waals surface area contributed by atoms with E-state index in [9.17, 15) is 9.90 Å². The van der Waals surface area contributed by atoms with Gasteiger partial charge < -0.3 is 14.6 Å². The lowest BCUT2D eigenvalue weighted by Gasteiger charge is -2.36. The molecule has 3 rings (SSSR count). The third-order valence-corrected chi connectivity index (χ3v) is 5.31. The molecule has 0 bridgehead atoms. The number of Topliss-reactive ketones (excluding diaryl/α,β-unsaturated/α-hetero) is 1. The summed E-state index contributed by atoms with van der Waals surface area (Å²) in [5, 5.41) is 11.4. The largest absolute Gasteiger partial charge is 0.488 e. The lowest BCUT2D eigenvalue weighted by atomic mass is 9.71. The molecule has 1 N–H and O–H groups in total. The van der Waals surface area contributed by atoms with E-state index in [0.717, 1.165) is 25.7 Å². The van der Waals surface area contributed by atoms with E-state index in [1.54, 1.807) is 0 Å². The van der Waals surface area contributed by atoms with E-state index in [4.69, 9.17) is 9.47 Å². The first-order valence-electron chi connectivity index (χ1n) is 8.18. The summed E-state index contributed by atoms with van der Waals surface area (Å²) in [4.78, 5) is 13.1. The van der Waals surface area contributed by atoms with Gasteiger partial charge in [0, 0.05) is 0 Å². The van der Waals surface area contributed by atoms with Crippen LogP contribution in [0.25, 0.3) is 0 Å². The van der Waals surface area contributed by atoms with E-state index in [-0.39, 0.29) is 29.7 Å². The molecule has 21 heavy (non-hydrogen) atoms. The molecule has 0 radical (unpaired) electrons. The molecule has 3 aliphatic rings. The molecule has 3 atom stereocenters. The van der Waals surface area contributed by atoms with Crippen molar-refractivity contribution in [3.8, 4) is 0 Å². The van der Waals surface area contributed by atoms with Gasteiger partial charge in [0.2, 0.25) is 11.5 Å². The van der Waals surface area contributed by atoms with Crippen LogP contribution in [0.2, 0.25) is 0 Å². The van der Waals surface area contributed by atoms with Crippen LogP contribution in [0.15, 0.2) is 11.5 Å². The van der Waals surface area contributed by atoms with Crippen LogP contribution in [0.3, 0.4) is 0 Å². The number of hydrogen-bond donors (Lipinski definition) is 1. The summed E-state index contributed by atoms with van der Waals surface area (Å²) in [5.41, 5.74) is -1.83. The average molecular weight is 294 g/mol. The summed E-state index contributed by atoms with van der Waals surface area (Å²) in [6, 6.07) is 0. The predicted octanol–water partition coefficient (Wildman–Crippen LogP) is 2.94. The first kappa shape index (κ1) is 14.9. The van der Waals surface area contributed by atoms with Gasteiger partial charge in [-0.3, -0.25) is 4.79 Å². The van der Waals surface area contributed by atoms with Gasteiger partial charge >= 0.3 is 0 Å². The highest BCUT2D eigenvalue weighted by Crippen LogP contribution is 2.66. The van der Waals surface area contributed by atoms with Crippen LogP contribution in [-0.4, -0.2) is 28.7 Å². The topological polar surface area (TPSA) is 55.8 Å². The molecule has 0 unspecified atom stereocenters. The molecule has 4 nitrogen and oxygen atoms in total. The fourth-order valence-corrected chi connectivity index (χ4v) is 4.65. The van der Waals surface area contributed by atoms with Crippen molar-refractivity contribution in [1.82, 2.24) is 0 Å². The normalized spacial score (nSPS) is 38.4. The van der Waals surface area contributed by atoms with Gasteiger partial charge in [-0.2, -0.15) is 0 Å². The standard InChI is InChI=1S/C17H26O4/c1-10(2)20-13-14(18)16-8-5-6-12(16)7-9-17(16,19)15(13)21-11(3)4/h10-12,19H,5-9H2,1-4H3/t12-,16+,17-/m1/s1. The average Bonchev–Trinajstić information content (AvgIpc) is 2.97. The second-order valence-corrected chi connectivity index (χ2v) is 7.28. The minimum atomic E-state index is -1.15. The molecule has 0 aromatic heterocycles. The summed E-state index contributed by atoms with van der Waals surface area (Å²) < 4.78 is 11.7. The maximum absolute atomic E-state index is 13.1. The number of hydrogen-bond acceptors (Lipinski definition) is 4. The van der Waals surface area contributed by atoms with Gasteiger partial charge in [0.25, 0.3) is 0 Å². The zero-order valence-corrected chi connectivity index (χ0v) is 13.4. The number of ether oxygens (including phenoxy) is 2. The second-order valence-electron chi connectivity index (χ2n) is 7.28. The van der Waals surface area contributed by atoms with Crippen molar-refractivity contribution >= 4 is 5.78 Å². The van der Waals surface area contributed by atoms with E-state index in [0.29, 0.717) is 12.2 Å². The number of aliphatic hydroxyl groups is 1. The monoisotopic (exact) mass is 294 g/mol. The van der Waals surface area contributed by atoms with E-state index < -0.39 is 11.0 Å². The molecule has 0 saturated heterocycles. The number of carbonyl (C=O) groups excluding carboxylic acids is 1. The Hall–Kier alpha value is -1.03. The highest BCUT2D eigenvalue weighted by molar-refractivity contribution is 6.04. The molecule has 0 amide bonds. The molecular formula is C17H26O4. The van der Waals surface area contributed by atoms with Crippen LogP contribution < -0.4 is 0 Å². The van der Waals surface area contributed by atoms with Crippen molar-refractivity contribution < 1.29 is 19.4 Å². The summed E-state index contributed by atoms with van der Waals surface area (Å²) in [6.45, 7) is 7.63. The molecule has 4 heteroatoms. The van der Waals surface area contributed by atoms with Gasteiger partial charge in [0.15, 0.2) is 5.76 Å². The zero-order chi connectivity index (χ0) is 15.4.